The maximum atomic E-state index is 5.83. The average molecular weight is 347 g/mol. The van der Waals surface area contributed by atoms with Gasteiger partial charge in [0.15, 0.2) is 0 Å². The lowest BCUT2D eigenvalue weighted by Gasteiger charge is -2.10. The summed E-state index contributed by atoms with van der Waals surface area (Å²) in [5.74, 6) is 1.81. The summed E-state index contributed by atoms with van der Waals surface area (Å²) >= 11 is 0. The second kappa shape index (κ2) is 9.52. The van der Waals surface area contributed by atoms with E-state index in [1.54, 1.807) is 0 Å². The summed E-state index contributed by atoms with van der Waals surface area (Å²) in [4.78, 5) is 0. The minimum Gasteiger partial charge on any atom is -0.494 e. The van der Waals surface area contributed by atoms with Crippen molar-refractivity contribution in [2.24, 2.45) is 0 Å². The zero-order valence-corrected chi connectivity index (χ0v) is 15.2. The molecule has 0 aliphatic heterocycles. The Morgan fingerprint density at radius 1 is 0.692 bits per heavy atom. The first-order valence-electron chi connectivity index (χ1n) is 9.06. The van der Waals surface area contributed by atoms with Crippen LogP contribution >= 0.6 is 0 Å². The second-order valence-corrected chi connectivity index (χ2v) is 6.04. The van der Waals surface area contributed by atoms with Crippen LogP contribution in [0.1, 0.15) is 18.1 Å². The van der Waals surface area contributed by atoms with Crippen LogP contribution in [0.5, 0.6) is 11.5 Å². The number of hydrogen-bond donors (Lipinski definition) is 1. The van der Waals surface area contributed by atoms with Crippen LogP contribution in [0.25, 0.3) is 0 Å². The minimum atomic E-state index is 0.687. The molecule has 0 aliphatic rings. The van der Waals surface area contributed by atoms with Gasteiger partial charge < -0.3 is 14.8 Å². The first-order chi connectivity index (χ1) is 12.8. The van der Waals surface area contributed by atoms with Gasteiger partial charge in [0.05, 0.1) is 13.2 Å². The highest BCUT2D eigenvalue weighted by Gasteiger charge is 1.99. The van der Waals surface area contributed by atoms with Gasteiger partial charge >= 0.3 is 0 Å². The lowest BCUT2D eigenvalue weighted by atomic mass is 10.2. The molecule has 0 fully saturated rings. The molecular weight excluding hydrogens is 322 g/mol. The zero-order chi connectivity index (χ0) is 18.0. The number of anilines is 1. The summed E-state index contributed by atoms with van der Waals surface area (Å²) < 4.78 is 11.3. The summed E-state index contributed by atoms with van der Waals surface area (Å²) in [6.45, 7) is 4.14. The molecule has 1 N–H and O–H groups in total. The molecule has 0 spiro atoms. The molecule has 3 nitrogen and oxygen atoms in total. The Balaban J connectivity index is 1.43. The highest BCUT2D eigenvalue weighted by Crippen LogP contribution is 2.17. The number of nitrogens with one attached hydrogen (secondary N) is 1. The van der Waals surface area contributed by atoms with E-state index in [0.717, 1.165) is 30.2 Å². The molecule has 0 saturated heterocycles. The van der Waals surface area contributed by atoms with Crippen molar-refractivity contribution in [3.8, 4) is 11.5 Å². The predicted molar refractivity (Wildman–Crippen MR) is 107 cm³/mol. The Morgan fingerprint density at radius 3 is 2.04 bits per heavy atom. The number of ether oxygens (including phenoxy) is 2. The summed E-state index contributed by atoms with van der Waals surface area (Å²) in [6.07, 6.45) is 0.919. The third-order valence-corrected chi connectivity index (χ3v) is 4.09. The number of benzene rings is 3. The van der Waals surface area contributed by atoms with E-state index in [9.17, 15) is 0 Å². The molecule has 26 heavy (non-hydrogen) atoms. The molecule has 0 atom stereocenters. The molecule has 3 heteroatoms. The van der Waals surface area contributed by atoms with Gasteiger partial charge in [-0.05, 0) is 54.4 Å². The van der Waals surface area contributed by atoms with Crippen molar-refractivity contribution in [3.63, 3.8) is 0 Å². The molecule has 3 aromatic carbocycles. The van der Waals surface area contributed by atoms with E-state index < -0.39 is 0 Å². The average Bonchev–Trinajstić information content (AvgIpc) is 2.70. The molecule has 0 amide bonds. The van der Waals surface area contributed by atoms with E-state index in [1.807, 2.05) is 49.4 Å². The van der Waals surface area contributed by atoms with E-state index >= 15 is 0 Å². The molecular formula is C23H25NO2. The van der Waals surface area contributed by atoms with Gasteiger partial charge in [0, 0.05) is 18.7 Å². The number of rotatable bonds is 9. The highest BCUT2D eigenvalue weighted by atomic mass is 16.5. The van der Waals surface area contributed by atoms with Crippen LogP contribution in [0.15, 0.2) is 78.9 Å². The fourth-order valence-corrected chi connectivity index (χ4v) is 2.67. The van der Waals surface area contributed by atoms with E-state index in [2.05, 4.69) is 41.7 Å². The van der Waals surface area contributed by atoms with Crippen molar-refractivity contribution in [1.82, 2.24) is 0 Å². The summed E-state index contributed by atoms with van der Waals surface area (Å²) in [5.41, 5.74) is 3.59. The summed E-state index contributed by atoms with van der Waals surface area (Å²) in [7, 11) is 0. The Bertz CT molecular complexity index is 768. The van der Waals surface area contributed by atoms with Gasteiger partial charge in [0.25, 0.3) is 0 Å². The SMILES string of the molecule is CCOc1ccc(NCc2ccc(OCCc3ccccc3)cc2)cc1. The van der Waals surface area contributed by atoms with Crippen LogP contribution in [0, 0.1) is 0 Å². The van der Waals surface area contributed by atoms with Gasteiger partial charge in [-0.1, -0.05) is 42.5 Å². The molecule has 134 valence electrons. The van der Waals surface area contributed by atoms with Crippen LogP contribution in [-0.4, -0.2) is 13.2 Å². The fourth-order valence-electron chi connectivity index (χ4n) is 2.67. The Kier molecular flexibility index (Phi) is 6.54. The van der Waals surface area contributed by atoms with Crippen LogP contribution in [0.3, 0.4) is 0 Å². The topological polar surface area (TPSA) is 30.5 Å². The zero-order valence-electron chi connectivity index (χ0n) is 15.2. The van der Waals surface area contributed by atoms with Crippen LogP contribution in [0.4, 0.5) is 5.69 Å². The maximum Gasteiger partial charge on any atom is 0.119 e. The molecule has 0 aliphatic carbocycles. The predicted octanol–water partition coefficient (Wildman–Crippen LogP) is 5.32. The normalized spacial score (nSPS) is 10.3. The lowest BCUT2D eigenvalue weighted by molar-refractivity contribution is 0.322. The lowest BCUT2D eigenvalue weighted by Crippen LogP contribution is -2.02. The quantitative estimate of drug-likeness (QED) is 0.568. The standard InChI is InChI=1S/C23H25NO2/c1-2-25-22-14-10-21(11-15-22)24-18-20-8-12-23(13-9-20)26-17-16-19-6-4-3-5-7-19/h3-15,24H,2,16-18H2,1H3. The van der Waals surface area contributed by atoms with E-state index in [1.165, 1.54) is 11.1 Å². The fraction of sp³-hybridized carbons (Fsp3) is 0.217. The first kappa shape index (κ1) is 17.9. The van der Waals surface area contributed by atoms with Crippen LogP contribution in [0.2, 0.25) is 0 Å². The van der Waals surface area contributed by atoms with Gasteiger partial charge in [0.1, 0.15) is 11.5 Å². The Hall–Kier alpha value is -2.94. The molecule has 0 saturated carbocycles. The van der Waals surface area contributed by atoms with Crippen molar-refractivity contribution in [2.45, 2.75) is 19.9 Å². The summed E-state index contributed by atoms with van der Waals surface area (Å²) in [6, 6.07) is 26.7. The molecule has 0 heterocycles. The van der Waals surface area contributed by atoms with Gasteiger partial charge in [0.2, 0.25) is 0 Å². The largest absolute Gasteiger partial charge is 0.494 e. The third-order valence-electron chi connectivity index (χ3n) is 4.09. The molecule has 3 rings (SSSR count). The van der Waals surface area contributed by atoms with Crippen molar-refractivity contribution < 1.29 is 9.47 Å². The monoisotopic (exact) mass is 347 g/mol. The molecule has 0 aromatic heterocycles. The van der Waals surface area contributed by atoms with Crippen LogP contribution in [-0.2, 0) is 13.0 Å². The van der Waals surface area contributed by atoms with E-state index in [4.69, 9.17) is 9.47 Å². The molecule has 0 bridgehead atoms. The number of hydrogen-bond acceptors (Lipinski definition) is 3. The van der Waals surface area contributed by atoms with Crippen molar-refractivity contribution in [1.29, 1.82) is 0 Å². The van der Waals surface area contributed by atoms with Crippen molar-refractivity contribution in [2.75, 3.05) is 18.5 Å². The van der Waals surface area contributed by atoms with E-state index in [-0.39, 0.29) is 0 Å². The molecule has 3 aromatic rings. The summed E-state index contributed by atoms with van der Waals surface area (Å²) in [5, 5.41) is 3.42. The van der Waals surface area contributed by atoms with Gasteiger partial charge in [-0.15, -0.1) is 0 Å². The van der Waals surface area contributed by atoms with Crippen molar-refractivity contribution in [3.05, 3.63) is 90.0 Å². The van der Waals surface area contributed by atoms with Gasteiger partial charge in [-0.25, -0.2) is 0 Å². The van der Waals surface area contributed by atoms with Gasteiger partial charge in [-0.3, -0.25) is 0 Å². The first-order valence-corrected chi connectivity index (χ1v) is 9.06. The molecule has 0 radical (unpaired) electrons. The Labute approximate surface area is 155 Å². The van der Waals surface area contributed by atoms with E-state index in [0.29, 0.717) is 13.2 Å². The second-order valence-electron chi connectivity index (χ2n) is 6.04. The third kappa shape index (κ3) is 5.55. The van der Waals surface area contributed by atoms with Gasteiger partial charge in [-0.2, -0.15) is 0 Å². The minimum absolute atomic E-state index is 0.687. The molecule has 0 unspecified atom stereocenters. The Morgan fingerprint density at radius 2 is 1.35 bits per heavy atom. The maximum absolute atomic E-state index is 5.83. The van der Waals surface area contributed by atoms with Crippen LogP contribution < -0.4 is 14.8 Å². The smallest absolute Gasteiger partial charge is 0.119 e. The highest BCUT2D eigenvalue weighted by molar-refractivity contribution is 5.47. The van der Waals surface area contributed by atoms with Crippen molar-refractivity contribution >= 4 is 5.69 Å².